The van der Waals surface area contributed by atoms with E-state index in [4.69, 9.17) is 9.63 Å². The van der Waals surface area contributed by atoms with Crippen LogP contribution in [-0.2, 0) is 28.9 Å². The Kier molecular flexibility index (Phi) is 4.98. The zero-order valence-corrected chi connectivity index (χ0v) is 12.6. The molecule has 2 heterocycles. The van der Waals surface area contributed by atoms with E-state index in [-0.39, 0.29) is 12.3 Å². The number of aryl methyl sites for hydroxylation is 2. The number of aromatic nitrogens is 1. The second kappa shape index (κ2) is 6.74. The van der Waals surface area contributed by atoms with Crippen LogP contribution in [0.15, 0.2) is 4.52 Å². The van der Waals surface area contributed by atoms with Crippen molar-refractivity contribution in [1.82, 2.24) is 10.1 Å². The van der Waals surface area contributed by atoms with Crippen molar-refractivity contribution in [1.29, 1.82) is 0 Å². The standard InChI is InChI=1S/C15H22N2O4/c1-3-12-11(13(4-2)21-16-12)8-14(18)17-7-5-6-10(9-17)15(19)20/h10H,3-9H2,1-2H3,(H,19,20). The molecule has 2 rings (SSSR count). The molecule has 1 fully saturated rings. The molecule has 1 aromatic rings. The fourth-order valence-corrected chi connectivity index (χ4v) is 2.81. The van der Waals surface area contributed by atoms with Gasteiger partial charge in [-0.1, -0.05) is 19.0 Å². The number of nitrogens with zero attached hydrogens (tertiary/aromatic N) is 2. The van der Waals surface area contributed by atoms with E-state index in [2.05, 4.69) is 5.16 Å². The van der Waals surface area contributed by atoms with Gasteiger partial charge in [-0.05, 0) is 19.3 Å². The Balaban J connectivity index is 2.07. The zero-order chi connectivity index (χ0) is 15.4. The Hall–Kier alpha value is -1.85. The van der Waals surface area contributed by atoms with Crippen molar-refractivity contribution in [2.24, 2.45) is 5.92 Å². The SMILES string of the molecule is CCc1noc(CC)c1CC(=O)N1CCCC(C(=O)O)C1. The molecular formula is C15H22N2O4. The van der Waals surface area contributed by atoms with E-state index in [0.717, 1.165) is 29.9 Å². The maximum absolute atomic E-state index is 12.4. The van der Waals surface area contributed by atoms with Gasteiger partial charge in [0.05, 0.1) is 18.0 Å². The summed E-state index contributed by atoms with van der Waals surface area (Å²) in [6.45, 7) is 4.89. The van der Waals surface area contributed by atoms with Crippen LogP contribution in [0.5, 0.6) is 0 Å². The van der Waals surface area contributed by atoms with Crippen molar-refractivity contribution in [2.45, 2.75) is 46.0 Å². The lowest BCUT2D eigenvalue weighted by molar-refractivity contribution is -0.145. The fraction of sp³-hybridized carbons (Fsp3) is 0.667. The van der Waals surface area contributed by atoms with E-state index in [0.29, 0.717) is 25.9 Å². The van der Waals surface area contributed by atoms with Crippen molar-refractivity contribution in [3.8, 4) is 0 Å². The van der Waals surface area contributed by atoms with Gasteiger partial charge in [0.1, 0.15) is 5.76 Å². The van der Waals surface area contributed by atoms with Crippen molar-refractivity contribution in [2.75, 3.05) is 13.1 Å². The molecule has 1 unspecified atom stereocenters. The van der Waals surface area contributed by atoms with Crippen molar-refractivity contribution >= 4 is 11.9 Å². The number of carboxylic acid groups (broad SMARTS) is 1. The summed E-state index contributed by atoms with van der Waals surface area (Å²) in [6, 6.07) is 0. The summed E-state index contributed by atoms with van der Waals surface area (Å²) in [4.78, 5) is 25.2. The topological polar surface area (TPSA) is 83.6 Å². The van der Waals surface area contributed by atoms with Crippen LogP contribution in [0.4, 0.5) is 0 Å². The van der Waals surface area contributed by atoms with Gasteiger partial charge in [-0.3, -0.25) is 9.59 Å². The van der Waals surface area contributed by atoms with Gasteiger partial charge in [0, 0.05) is 25.1 Å². The smallest absolute Gasteiger partial charge is 0.308 e. The second-order valence-electron chi connectivity index (χ2n) is 5.43. The largest absolute Gasteiger partial charge is 0.481 e. The normalized spacial score (nSPS) is 18.8. The highest BCUT2D eigenvalue weighted by atomic mass is 16.5. The first-order valence-corrected chi connectivity index (χ1v) is 7.53. The molecule has 0 aromatic carbocycles. The van der Waals surface area contributed by atoms with Gasteiger partial charge in [-0.25, -0.2) is 0 Å². The number of carbonyl (C=O) groups is 2. The second-order valence-corrected chi connectivity index (χ2v) is 5.43. The third kappa shape index (κ3) is 3.43. The molecule has 1 N–H and O–H groups in total. The van der Waals surface area contributed by atoms with E-state index in [1.54, 1.807) is 4.90 Å². The first-order chi connectivity index (χ1) is 10.1. The molecule has 21 heavy (non-hydrogen) atoms. The molecule has 1 saturated heterocycles. The number of rotatable bonds is 5. The number of hydrogen-bond acceptors (Lipinski definition) is 4. The number of carbonyl (C=O) groups excluding carboxylic acids is 1. The van der Waals surface area contributed by atoms with E-state index in [1.807, 2.05) is 13.8 Å². The number of amides is 1. The van der Waals surface area contributed by atoms with Crippen LogP contribution < -0.4 is 0 Å². The minimum atomic E-state index is -0.819. The minimum absolute atomic E-state index is 0.0337. The summed E-state index contributed by atoms with van der Waals surface area (Å²) in [5, 5.41) is 13.1. The quantitative estimate of drug-likeness (QED) is 0.893. The average Bonchev–Trinajstić information content (AvgIpc) is 2.89. The zero-order valence-electron chi connectivity index (χ0n) is 12.6. The molecule has 0 radical (unpaired) electrons. The lowest BCUT2D eigenvalue weighted by Gasteiger charge is -2.30. The van der Waals surface area contributed by atoms with Gasteiger partial charge in [-0.2, -0.15) is 0 Å². The number of hydrogen-bond donors (Lipinski definition) is 1. The van der Waals surface area contributed by atoms with Crippen LogP contribution in [0.2, 0.25) is 0 Å². The van der Waals surface area contributed by atoms with Crippen LogP contribution in [0.25, 0.3) is 0 Å². The van der Waals surface area contributed by atoms with Gasteiger partial charge in [-0.15, -0.1) is 0 Å². The first kappa shape index (κ1) is 15.5. The Morgan fingerprint density at radius 1 is 1.38 bits per heavy atom. The first-order valence-electron chi connectivity index (χ1n) is 7.53. The summed E-state index contributed by atoms with van der Waals surface area (Å²) in [5.74, 6) is -0.539. The van der Waals surface area contributed by atoms with E-state index in [9.17, 15) is 9.59 Å². The molecule has 116 valence electrons. The lowest BCUT2D eigenvalue weighted by Crippen LogP contribution is -2.43. The highest BCUT2D eigenvalue weighted by molar-refractivity contribution is 5.80. The predicted molar refractivity (Wildman–Crippen MR) is 75.9 cm³/mol. The third-order valence-corrected chi connectivity index (χ3v) is 4.06. The van der Waals surface area contributed by atoms with Gasteiger partial charge in [0.25, 0.3) is 0 Å². The molecule has 1 aromatic heterocycles. The molecular weight excluding hydrogens is 272 g/mol. The van der Waals surface area contributed by atoms with Gasteiger partial charge < -0.3 is 14.5 Å². The summed E-state index contributed by atoms with van der Waals surface area (Å²) in [6.07, 6.45) is 3.07. The highest BCUT2D eigenvalue weighted by Gasteiger charge is 2.29. The molecule has 1 aliphatic heterocycles. The van der Waals surface area contributed by atoms with E-state index >= 15 is 0 Å². The monoisotopic (exact) mass is 294 g/mol. The maximum atomic E-state index is 12.4. The number of aliphatic carboxylic acids is 1. The average molecular weight is 294 g/mol. The lowest BCUT2D eigenvalue weighted by atomic mass is 9.97. The summed E-state index contributed by atoms with van der Waals surface area (Å²) < 4.78 is 5.27. The molecule has 0 saturated carbocycles. The van der Waals surface area contributed by atoms with Crippen LogP contribution >= 0.6 is 0 Å². The maximum Gasteiger partial charge on any atom is 0.308 e. The minimum Gasteiger partial charge on any atom is -0.481 e. The van der Waals surface area contributed by atoms with E-state index in [1.165, 1.54) is 0 Å². The predicted octanol–water partition coefficient (Wildman–Crippen LogP) is 1.67. The highest BCUT2D eigenvalue weighted by Crippen LogP contribution is 2.21. The summed E-state index contributed by atoms with van der Waals surface area (Å²) >= 11 is 0. The Labute approximate surface area is 124 Å². The van der Waals surface area contributed by atoms with Crippen molar-refractivity contribution < 1.29 is 19.2 Å². The molecule has 0 aliphatic carbocycles. The third-order valence-electron chi connectivity index (χ3n) is 4.06. The Morgan fingerprint density at radius 3 is 2.76 bits per heavy atom. The van der Waals surface area contributed by atoms with Crippen LogP contribution in [0.1, 0.15) is 43.7 Å². The molecule has 0 bridgehead atoms. The number of carboxylic acids is 1. The molecule has 1 aliphatic rings. The number of piperidine rings is 1. The molecule has 1 atom stereocenters. The van der Waals surface area contributed by atoms with Crippen LogP contribution in [0, 0.1) is 5.92 Å². The van der Waals surface area contributed by atoms with Crippen LogP contribution in [0.3, 0.4) is 0 Å². The Bertz CT molecular complexity index is 502. The van der Waals surface area contributed by atoms with Gasteiger partial charge in [0.2, 0.25) is 5.91 Å². The molecule has 0 spiro atoms. The Morgan fingerprint density at radius 2 is 2.14 bits per heavy atom. The summed E-state index contributed by atoms with van der Waals surface area (Å²) in [5.41, 5.74) is 1.70. The number of likely N-dealkylation sites (tertiary alicyclic amines) is 1. The van der Waals surface area contributed by atoms with Crippen molar-refractivity contribution in [3.05, 3.63) is 17.0 Å². The molecule has 6 heteroatoms. The molecule has 1 amide bonds. The fourth-order valence-electron chi connectivity index (χ4n) is 2.81. The van der Waals surface area contributed by atoms with E-state index < -0.39 is 11.9 Å². The van der Waals surface area contributed by atoms with Crippen LogP contribution in [-0.4, -0.2) is 40.1 Å². The molecule has 6 nitrogen and oxygen atoms in total. The van der Waals surface area contributed by atoms with Crippen molar-refractivity contribution in [3.63, 3.8) is 0 Å². The van der Waals surface area contributed by atoms with Gasteiger partial charge in [0.15, 0.2) is 0 Å². The summed E-state index contributed by atoms with van der Waals surface area (Å²) in [7, 11) is 0. The van der Waals surface area contributed by atoms with Gasteiger partial charge >= 0.3 is 5.97 Å².